The molecule has 0 unspecified atom stereocenters. The molecule has 4 N–H and O–H groups in total. The summed E-state index contributed by atoms with van der Waals surface area (Å²) in [4.78, 5) is 49.2. The van der Waals surface area contributed by atoms with E-state index in [9.17, 15) is 19.2 Å². The number of hydrogen-bond donors (Lipinski definition) is 4. The normalized spacial score (nSPS) is 23.0. The molecule has 146 valence electrons. The minimum absolute atomic E-state index is 0.131. The second-order valence-electron chi connectivity index (χ2n) is 6.68. The Morgan fingerprint density at radius 3 is 2.26 bits per heavy atom. The van der Waals surface area contributed by atoms with E-state index in [2.05, 4.69) is 21.3 Å². The van der Waals surface area contributed by atoms with Gasteiger partial charge in [0.15, 0.2) is 0 Å². The van der Waals surface area contributed by atoms with Gasteiger partial charge in [-0.25, -0.2) is 0 Å². The van der Waals surface area contributed by atoms with Crippen LogP contribution in [-0.2, 0) is 25.6 Å². The fraction of sp³-hybridized carbons (Fsp3) is 0.474. The Morgan fingerprint density at radius 2 is 1.59 bits per heavy atom. The van der Waals surface area contributed by atoms with Gasteiger partial charge < -0.3 is 21.3 Å². The van der Waals surface area contributed by atoms with E-state index in [1.165, 1.54) is 0 Å². The Morgan fingerprint density at radius 1 is 0.926 bits per heavy atom. The lowest BCUT2D eigenvalue weighted by atomic mass is 9.97. The summed E-state index contributed by atoms with van der Waals surface area (Å²) in [5.41, 5.74) is 0.874. The number of benzene rings is 1. The molecule has 0 aliphatic carbocycles. The van der Waals surface area contributed by atoms with Gasteiger partial charge in [0.05, 0.1) is 13.1 Å². The van der Waals surface area contributed by atoms with Crippen molar-refractivity contribution in [1.82, 2.24) is 21.3 Å². The van der Waals surface area contributed by atoms with Crippen molar-refractivity contribution in [3.05, 3.63) is 35.9 Å². The SMILES string of the molecule is CC[C@H](C)[C@@H]1NC(=O)CNC(=O)CNC(=O)[C@H](Cc2ccccc2)NC1=O. The lowest BCUT2D eigenvalue weighted by Gasteiger charge is -2.27. The van der Waals surface area contributed by atoms with Crippen LogP contribution in [0.5, 0.6) is 0 Å². The molecule has 0 radical (unpaired) electrons. The molecule has 2 rings (SSSR count). The first-order valence-electron chi connectivity index (χ1n) is 9.08. The van der Waals surface area contributed by atoms with Crippen LogP contribution >= 0.6 is 0 Å². The number of hydrogen-bond acceptors (Lipinski definition) is 4. The fourth-order valence-electron chi connectivity index (χ4n) is 2.78. The Labute approximate surface area is 158 Å². The molecule has 1 saturated heterocycles. The van der Waals surface area contributed by atoms with Crippen molar-refractivity contribution >= 4 is 23.6 Å². The summed E-state index contributed by atoms with van der Waals surface area (Å²) >= 11 is 0. The van der Waals surface area contributed by atoms with Gasteiger partial charge in [-0.3, -0.25) is 19.2 Å². The summed E-state index contributed by atoms with van der Waals surface area (Å²) in [6.07, 6.45) is 0.946. The molecule has 1 aliphatic rings. The number of amides is 4. The van der Waals surface area contributed by atoms with Gasteiger partial charge in [-0.1, -0.05) is 50.6 Å². The Balaban J connectivity index is 2.25. The van der Waals surface area contributed by atoms with Gasteiger partial charge in [-0.15, -0.1) is 0 Å². The van der Waals surface area contributed by atoms with Crippen LogP contribution in [0.15, 0.2) is 30.3 Å². The summed E-state index contributed by atoms with van der Waals surface area (Å²) in [5.74, 6) is -1.91. The third-order valence-corrected chi connectivity index (χ3v) is 4.60. The van der Waals surface area contributed by atoms with Crippen molar-refractivity contribution in [2.24, 2.45) is 5.92 Å². The fourth-order valence-corrected chi connectivity index (χ4v) is 2.78. The largest absolute Gasteiger partial charge is 0.346 e. The average molecular weight is 374 g/mol. The van der Waals surface area contributed by atoms with Gasteiger partial charge in [0.2, 0.25) is 23.6 Å². The van der Waals surface area contributed by atoms with Crippen LogP contribution in [0, 0.1) is 5.92 Å². The maximum Gasteiger partial charge on any atom is 0.243 e. The highest BCUT2D eigenvalue weighted by atomic mass is 16.2. The van der Waals surface area contributed by atoms with Crippen LogP contribution in [-0.4, -0.2) is 48.8 Å². The van der Waals surface area contributed by atoms with Crippen molar-refractivity contribution in [2.75, 3.05) is 13.1 Å². The van der Waals surface area contributed by atoms with Gasteiger partial charge in [0.25, 0.3) is 0 Å². The van der Waals surface area contributed by atoms with E-state index in [1.807, 2.05) is 44.2 Å². The van der Waals surface area contributed by atoms with Crippen molar-refractivity contribution in [3.63, 3.8) is 0 Å². The quantitative estimate of drug-likeness (QED) is 0.568. The summed E-state index contributed by atoms with van der Waals surface area (Å²) in [7, 11) is 0. The minimum atomic E-state index is -0.851. The Kier molecular flexibility index (Phi) is 7.34. The zero-order chi connectivity index (χ0) is 19.8. The third kappa shape index (κ3) is 6.09. The zero-order valence-corrected chi connectivity index (χ0v) is 15.6. The molecular formula is C19H26N4O4. The lowest BCUT2D eigenvalue weighted by molar-refractivity contribution is -0.134. The molecule has 27 heavy (non-hydrogen) atoms. The van der Waals surface area contributed by atoms with Crippen molar-refractivity contribution in [2.45, 2.75) is 38.8 Å². The third-order valence-electron chi connectivity index (χ3n) is 4.60. The maximum absolute atomic E-state index is 12.8. The Bertz CT molecular complexity index is 692. The number of carbonyl (C=O) groups excluding carboxylic acids is 4. The van der Waals surface area contributed by atoms with Crippen molar-refractivity contribution in [1.29, 1.82) is 0 Å². The molecule has 0 bridgehead atoms. The summed E-state index contributed by atoms with van der Waals surface area (Å²) in [5, 5.41) is 10.3. The van der Waals surface area contributed by atoms with Gasteiger partial charge in [0.1, 0.15) is 12.1 Å². The van der Waals surface area contributed by atoms with E-state index < -0.39 is 35.7 Å². The monoisotopic (exact) mass is 374 g/mol. The standard InChI is InChI=1S/C19H26N4O4/c1-3-12(2)17-19(27)22-14(9-13-7-5-4-6-8-13)18(26)21-10-15(24)20-11-16(25)23-17/h4-8,12,14,17H,3,9-11H2,1-2H3,(H,20,24)(H,21,26)(H,22,27)(H,23,25)/t12-,14-,17-/m0/s1. The second-order valence-corrected chi connectivity index (χ2v) is 6.68. The molecule has 1 fully saturated rings. The smallest absolute Gasteiger partial charge is 0.243 e. The molecule has 0 saturated carbocycles. The summed E-state index contributed by atoms with van der Waals surface area (Å²) < 4.78 is 0. The molecule has 1 heterocycles. The van der Waals surface area contributed by atoms with Crippen LogP contribution in [0.1, 0.15) is 25.8 Å². The van der Waals surface area contributed by atoms with E-state index in [0.29, 0.717) is 6.42 Å². The van der Waals surface area contributed by atoms with Crippen LogP contribution in [0.3, 0.4) is 0 Å². The molecule has 8 nitrogen and oxygen atoms in total. The highest BCUT2D eigenvalue weighted by Gasteiger charge is 2.30. The average Bonchev–Trinajstić information content (AvgIpc) is 2.67. The first-order chi connectivity index (χ1) is 12.9. The van der Waals surface area contributed by atoms with E-state index in [4.69, 9.17) is 0 Å². The molecule has 8 heteroatoms. The molecular weight excluding hydrogens is 348 g/mol. The summed E-state index contributed by atoms with van der Waals surface area (Å²) in [6, 6.07) is 7.63. The van der Waals surface area contributed by atoms with Crippen molar-refractivity contribution in [3.8, 4) is 0 Å². The van der Waals surface area contributed by atoms with Gasteiger partial charge >= 0.3 is 0 Å². The molecule has 1 aromatic carbocycles. The lowest BCUT2D eigenvalue weighted by Crippen LogP contribution is -2.58. The van der Waals surface area contributed by atoms with E-state index in [1.54, 1.807) is 0 Å². The Hall–Kier alpha value is -2.90. The summed E-state index contributed by atoms with van der Waals surface area (Å²) in [6.45, 7) is 3.25. The highest BCUT2D eigenvalue weighted by Crippen LogP contribution is 2.10. The van der Waals surface area contributed by atoms with Gasteiger partial charge in [-0.05, 0) is 11.5 Å². The van der Waals surface area contributed by atoms with E-state index in [0.717, 1.165) is 5.56 Å². The molecule has 4 amide bonds. The van der Waals surface area contributed by atoms with Crippen LogP contribution < -0.4 is 21.3 Å². The molecule has 0 aromatic heterocycles. The van der Waals surface area contributed by atoms with E-state index in [-0.39, 0.29) is 25.4 Å². The van der Waals surface area contributed by atoms with Gasteiger partial charge in [-0.2, -0.15) is 0 Å². The molecule has 3 atom stereocenters. The predicted molar refractivity (Wildman–Crippen MR) is 99.5 cm³/mol. The number of carbonyl (C=O) groups is 4. The molecule has 1 aromatic rings. The predicted octanol–water partition coefficient (Wildman–Crippen LogP) is -0.509. The van der Waals surface area contributed by atoms with Crippen molar-refractivity contribution < 1.29 is 19.2 Å². The van der Waals surface area contributed by atoms with Gasteiger partial charge in [0, 0.05) is 6.42 Å². The zero-order valence-electron chi connectivity index (χ0n) is 15.6. The second kappa shape index (κ2) is 9.70. The van der Waals surface area contributed by atoms with Crippen LogP contribution in [0.25, 0.3) is 0 Å². The molecule has 1 aliphatic heterocycles. The number of rotatable bonds is 4. The first kappa shape index (κ1) is 20.4. The number of nitrogens with one attached hydrogen (secondary N) is 4. The first-order valence-corrected chi connectivity index (χ1v) is 9.08. The van der Waals surface area contributed by atoms with E-state index >= 15 is 0 Å². The maximum atomic E-state index is 12.8. The topological polar surface area (TPSA) is 116 Å². The minimum Gasteiger partial charge on any atom is -0.346 e. The van der Waals surface area contributed by atoms with Crippen LogP contribution in [0.2, 0.25) is 0 Å². The van der Waals surface area contributed by atoms with Crippen LogP contribution in [0.4, 0.5) is 0 Å². The highest BCUT2D eigenvalue weighted by molar-refractivity contribution is 5.95. The molecule has 0 spiro atoms.